The van der Waals surface area contributed by atoms with Gasteiger partial charge in [-0.2, -0.15) is 16.1 Å². The van der Waals surface area contributed by atoms with E-state index in [0.717, 1.165) is 30.0 Å². The number of carbonyl (C=O) groups excluding carboxylic acids is 1. The van der Waals surface area contributed by atoms with E-state index in [0.29, 0.717) is 23.5 Å². The second-order valence-corrected chi connectivity index (χ2v) is 6.65. The Labute approximate surface area is 114 Å². The van der Waals surface area contributed by atoms with Gasteiger partial charge < -0.3 is 16.4 Å². The third-order valence-corrected chi connectivity index (χ3v) is 5.08. The molecule has 1 aliphatic carbocycles. The molecular formula is C11H16N4OS2. The van der Waals surface area contributed by atoms with Crippen LogP contribution in [0.2, 0.25) is 0 Å². The van der Waals surface area contributed by atoms with Crippen LogP contribution in [-0.4, -0.2) is 33.9 Å². The molecule has 1 atom stereocenters. The van der Waals surface area contributed by atoms with Gasteiger partial charge in [0.05, 0.1) is 0 Å². The Hall–Kier alpha value is -0.950. The molecule has 7 heteroatoms. The molecule has 98 valence electrons. The zero-order chi connectivity index (χ0) is 12.5. The summed E-state index contributed by atoms with van der Waals surface area (Å²) in [6.45, 7) is 0. The lowest BCUT2D eigenvalue weighted by Crippen LogP contribution is -2.27. The van der Waals surface area contributed by atoms with Gasteiger partial charge in [0.2, 0.25) is 0 Å². The number of thioether (sulfide) groups is 1. The average molecular weight is 284 g/mol. The standard InChI is InChI=1S/C11H16N4OS2/c12-9-8(10(16)13-6-1-2-6)11(18-15-9)14-7-3-4-17-5-7/h6-7,14H,1-5H2,(H2,12,15)(H,13,16). The molecule has 2 fully saturated rings. The highest BCUT2D eigenvalue weighted by Crippen LogP contribution is 2.31. The van der Waals surface area contributed by atoms with Crippen LogP contribution in [0, 0.1) is 0 Å². The van der Waals surface area contributed by atoms with Crippen LogP contribution >= 0.6 is 23.3 Å². The predicted molar refractivity (Wildman–Crippen MR) is 76.4 cm³/mol. The summed E-state index contributed by atoms with van der Waals surface area (Å²) < 4.78 is 4.10. The van der Waals surface area contributed by atoms with Crippen LogP contribution in [0.5, 0.6) is 0 Å². The minimum Gasteiger partial charge on any atom is -0.382 e. The Bertz CT molecular complexity index is 452. The fraction of sp³-hybridized carbons (Fsp3) is 0.636. The van der Waals surface area contributed by atoms with Gasteiger partial charge in [-0.3, -0.25) is 4.79 Å². The lowest BCUT2D eigenvalue weighted by atomic mass is 10.2. The Balaban J connectivity index is 1.74. The molecule has 1 unspecified atom stereocenters. The van der Waals surface area contributed by atoms with Crippen LogP contribution in [0.15, 0.2) is 0 Å². The van der Waals surface area contributed by atoms with E-state index >= 15 is 0 Å². The SMILES string of the molecule is Nc1nsc(NC2CCSC2)c1C(=O)NC1CC1. The summed E-state index contributed by atoms with van der Waals surface area (Å²) in [5.41, 5.74) is 6.34. The first-order valence-corrected chi connectivity index (χ1v) is 8.07. The first-order chi connectivity index (χ1) is 8.74. The lowest BCUT2D eigenvalue weighted by molar-refractivity contribution is 0.0953. The molecule has 1 saturated heterocycles. The second-order valence-electron chi connectivity index (χ2n) is 4.72. The number of nitrogens with one attached hydrogen (secondary N) is 2. The highest BCUT2D eigenvalue weighted by molar-refractivity contribution is 7.99. The molecule has 1 aromatic heterocycles. The van der Waals surface area contributed by atoms with Gasteiger partial charge in [0.15, 0.2) is 5.82 Å². The maximum absolute atomic E-state index is 12.1. The maximum Gasteiger partial charge on any atom is 0.258 e. The molecular weight excluding hydrogens is 268 g/mol. The molecule has 5 nitrogen and oxygen atoms in total. The van der Waals surface area contributed by atoms with Crippen LogP contribution in [0.1, 0.15) is 29.6 Å². The van der Waals surface area contributed by atoms with Crippen molar-refractivity contribution in [3.8, 4) is 0 Å². The average Bonchev–Trinajstić information content (AvgIpc) is 2.87. The highest BCUT2D eigenvalue weighted by Gasteiger charge is 2.28. The molecule has 0 spiro atoms. The summed E-state index contributed by atoms with van der Waals surface area (Å²) in [5.74, 6) is 2.51. The van der Waals surface area contributed by atoms with Crippen molar-refractivity contribution < 1.29 is 4.79 Å². The zero-order valence-electron chi connectivity index (χ0n) is 9.94. The van der Waals surface area contributed by atoms with Crippen molar-refractivity contribution in [2.75, 3.05) is 22.6 Å². The van der Waals surface area contributed by atoms with E-state index < -0.39 is 0 Å². The first-order valence-electron chi connectivity index (χ1n) is 6.14. The van der Waals surface area contributed by atoms with Gasteiger partial charge in [0.1, 0.15) is 10.6 Å². The Morgan fingerprint density at radius 2 is 2.17 bits per heavy atom. The van der Waals surface area contributed by atoms with Crippen LogP contribution in [0.25, 0.3) is 0 Å². The third-order valence-electron chi connectivity index (χ3n) is 3.12. The summed E-state index contributed by atoms with van der Waals surface area (Å²) in [5, 5.41) is 7.18. The van der Waals surface area contributed by atoms with Crippen molar-refractivity contribution in [1.82, 2.24) is 9.69 Å². The van der Waals surface area contributed by atoms with Crippen molar-refractivity contribution in [1.29, 1.82) is 0 Å². The lowest BCUT2D eigenvalue weighted by Gasteiger charge is -2.12. The first kappa shape index (κ1) is 12.1. The van der Waals surface area contributed by atoms with Crippen LogP contribution in [0.3, 0.4) is 0 Å². The van der Waals surface area contributed by atoms with Gasteiger partial charge in [0, 0.05) is 17.8 Å². The summed E-state index contributed by atoms with van der Waals surface area (Å²) in [7, 11) is 0. The summed E-state index contributed by atoms with van der Waals surface area (Å²) in [6.07, 6.45) is 3.28. The van der Waals surface area contributed by atoms with Gasteiger partial charge >= 0.3 is 0 Å². The monoisotopic (exact) mass is 284 g/mol. The van der Waals surface area contributed by atoms with Gasteiger partial charge in [0.25, 0.3) is 5.91 Å². The Morgan fingerprint density at radius 3 is 2.83 bits per heavy atom. The number of nitrogens with two attached hydrogens (primary N) is 1. The van der Waals surface area contributed by atoms with Gasteiger partial charge in [-0.1, -0.05) is 0 Å². The molecule has 3 rings (SSSR count). The normalized spacial score (nSPS) is 23.0. The zero-order valence-corrected chi connectivity index (χ0v) is 11.6. The van der Waals surface area contributed by atoms with E-state index in [1.54, 1.807) is 0 Å². The fourth-order valence-electron chi connectivity index (χ4n) is 1.94. The minimum atomic E-state index is -0.0862. The summed E-state index contributed by atoms with van der Waals surface area (Å²) in [6, 6.07) is 0.772. The van der Waals surface area contributed by atoms with Crippen molar-refractivity contribution in [3.63, 3.8) is 0 Å². The third kappa shape index (κ3) is 2.56. The number of aromatic nitrogens is 1. The minimum absolute atomic E-state index is 0.0862. The number of amides is 1. The summed E-state index contributed by atoms with van der Waals surface area (Å²) in [4.78, 5) is 12.1. The highest BCUT2D eigenvalue weighted by atomic mass is 32.2. The number of nitrogen functional groups attached to an aromatic ring is 1. The molecule has 2 aliphatic rings. The number of anilines is 2. The molecule has 2 heterocycles. The van der Waals surface area contributed by atoms with E-state index in [-0.39, 0.29) is 5.91 Å². The van der Waals surface area contributed by atoms with Crippen LogP contribution < -0.4 is 16.4 Å². The molecule has 1 aliphatic heterocycles. The smallest absolute Gasteiger partial charge is 0.258 e. The van der Waals surface area contributed by atoms with Gasteiger partial charge in [-0.25, -0.2) is 0 Å². The molecule has 1 saturated carbocycles. The van der Waals surface area contributed by atoms with E-state index in [4.69, 9.17) is 5.73 Å². The number of hydrogen-bond donors (Lipinski definition) is 3. The molecule has 0 radical (unpaired) electrons. The maximum atomic E-state index is 12.1. The predicted octanol–water partition coefficient (Wildman–Crippen LogP) is 1.53. The number of nitrogens with zero attached hydrogens (tertiary/aromatic N) is 1. The van der Waals surface area contributed by atoms with E-state index in [1.165, 1.54) is 17.3 Å². The Morgan fingerprint density at radius 1 is 1.33 bits per heavy atom. The van der Waals surface area contributed by atoms with Crippen LogP contribution in [0.4, 0.5) is 10.8 Å². The summed E-state index contributed by atoms with van der Waals surface area (Å²) >= 11 is 3.22. The topological polar surface area (TPSA) is 80.0 Å². The molecule has 0 bridgehead atoms. The van der Waals surface area contributed by atoms with Crippen molar-refractivity contribution in [3.05, 3.63) is 5.56 Å². The van der Waals surface area contributed by atoms with E-state index in [9.17, 15) is 4.79 Å². The fourth-order valence-corrected chi connectivity index (χ4v) is 3.88. The molecule has 18 heavy (non-hydrogen) atoms. The van der Waals surface area contributed by atoms with Crippen LogP contribution in [-0.2, 0) is 0 Å². The quantitative estimate of drug-likeness (QED) is 0.781. The second kappa shape index (κ2) is 4.97. The van der Waals surface area contributed by atoms with E-state index in [2.05, 4.69) is 15.0 Å². The molecule has 1 aromatic rings. The van der Waals surface area contributed by atoms with Crippen molar-refractivity contribution in [2.45, 2.75) is 31.3 Å². The number of rotatable bonds is 4. The molecule has 1 amide bonds. The number of carbonyl (C=O) groups is 1. The van der Waals surface area contributed by atoms with Gasteiger partial charge in [-0.15, -0.1) is 0 Å². The molecule has 0 aromatic carbocycles. The largest absolute Gasteiger partial charge is 0.382 e. The van der Waals surface area contributed by atoms with E-state index in [1.807, 2.05) is 11.8 Å². The number of hydrogen-bond acceptors (Lipinski definition) is 6. The van der Waals surface area contributed by atoms with Crippen molar-refractivity contribution >= 4 is 40.0 Å². The van der Waals surface area contributed by atoms with Crippen molar-refractivity contribution in [2.24, 2.45) is 0 Å². The Kier molecular flexibility index (Phi) is 3.34. The van der Waals surface area contributed by atoms with Gasteiger partial charge in [-0.05, 0) is 36.5 Å². The molecule has 4 N–H and O–H groups in total.